The standard InChI is InChI=1S/C9H17IN/c1-8-5-3-4-6-9(2,7-8)10-11/h3-4,8H,5-7,11H2,1-2H3/q-1. The van der Waals surface area contributed by atoms with Gasteiger partial charge in [-0.3, -0.25) is 0 Å². The molecule has 0 saturated carbocycles. The molecule has 66 valence electrons. The summed E-state index contributed by atoms with van der Waals surface area (Å²) >= 11 is -0.0934. The summed E-state index contributed by atoms with van der Waals surface area (Å²) < 4.78 is 6.32. The number of hydrogen-bond acceptors (Lipinski definition) is 1. The Balaban J connectivity index is 2.60. The Morgan fingerprint density at radius 2 is 2.27 bits per heavy atom. The molecule has 0 saturated heterocycles. The van der Waals surface area contributed by atoms with Crippen molar-refractivity contribution in [3.05, 3.63) is 12.2 Å². The topological polar surface area (TPSA) is 26.0 Å². The van der Waals surface area contributed by atoms with Gasteiger partial charge in [0.1, 0.15) is 0 Å². The zero-order valence-electron chi connectivity index (χ0n) is 7.31. The molecule has 0 aliphatic heterocycles. The SMILES string of the molecule is CC1CC=CCC(C)([I-]N)C1. The van der Waals surface area contributed by atoms with E-state index in [1.807, 2.05) is 0 Å². The summed E-state index contributed by atoms with van der Waals surface area (Å²) in [5, 5.41) is 0. The Kier molecular flexibility index (Phi) is 3.37. The maximum atomic E-state index is 5.85. The molecule has 0 amide bonds. The van der Waals surface area contributed by atoms with Gasteiger partial charge >= 0.3 is 80.0 Å². The quantitative estimate of drug-likeness (QED) is 0.283. The van der Waals surface area contributed by atoms with E-state index in [2.05, 4.69) is 26.0 Å². The normalized spacial score (nSPS) is 39.0. The molecule has 2 N–H and O–H groups in total. The van der Waals surface area contributed by atoms with Crippen molar-refractivity contribution in [2.75, 3.05) is 0 Å². The zero-order valence-corrected chi connectivity index (χ0v) is 9.47. The Bertz CT molecular complexity index is 156. The summed E-state index contributed by atoms with van der Waals surface area (Å²) in [6.45, 7) is 4.67. The van der Waals surface area contributed by atoms with Gasteiger partial charge in [-0.1, -0.05) is 0 Å². The van der Waals surface area contributed by atoms with Crippen LogP contribution in [0.2, 0.25) is 0 Å². The second kappa shape index (κ2) is 3.90. The number of alkyl halides is 1. The summed E-state index contributed by atoms with van der Waals surface area (Å²) in [5.41, 5.74) is 0. The van der Waals surface area contributed by atoms with Gasteiger partial charge < -0.3 is 0 Å². The molecule has 0 heterocycles. The van der Waals surface area contributed by atoms with Gasteiger partial charge in [-0.15, -0.1) is 0 Å². The summed E-state index contributed by atoms with van der Waals surface area (Å²) in [6, 6.07) is 0. The first-order chi connectivity index (χ1) is 5.16. The number of nitrogens with two attached hydrogens (primary N) is 1. The van der Waals surface area contributed by atoms with Crippen molar-refractivity contribution in [1.82, 2.24) is 0 Å². The van der Waals surface area contributed by atoms with Crippen LogP contribution in [0.5, 0.6) is 0 Å². The molecule has 1 aliphatic carbocycles. The van der Waals surface area contributed by atoms with Gasteiger partial charge in [0.15, 0.2) is 0 Å². The van der Waals surface area contributed by atoms with Gasteiger partial charge in [-0.2, -0.15) is 0 Å². The van der Waals surface area contributed by atoms with E-state index in [4.69, 9.17) is 3.95 Å². The molecule has 0 spiro atoms. The summed E-state index contributed by atoms with van der Waals surface area (Å²) in [7, 11) is 0. The van der Waals surface area contributed by atoms with E-state index in [-0.39, 0.29) is 21.5 Å². The molecular formula is C9H17IN-. The van der Waals surface area contributed by atoms with Crippen LogP contribution >= 0.6 is 0 Å². The Labute approximate surface area is 80.0 Å². The van der Waals surface area contributed by atoms with Crippen molar-refractivity contribution in [3.8, 4) is 0 Å². The third kappa shape index (κ3) is 2.75. The molecule has 2 unspecified atom stereocenters. The second-order valence-corrected chi connectivity index (χ2v) is 6.97. The first-order valence-electron chi connectivity index (χ1n) is 4.16. The predicted molar refractivity (Wildman–Crippen MR) is 44.7 cm³/mol. The Morgan fingerprint density at radius 3 is 2.91 bits per heavy atom. The van der Waals surface area contributed by atoms with E-state index in [1.165, 1.54) is 19.3 Å². The van der Waals surface area contributed by atoms with Crippen molar-refractivity contribution < 1.29 is 21.5 Å². The van der Waals surface area contributed by atoms with Gasteiger partial charge in [0.2, 0.25) is 0 Å². The van der Waals surface area contributed by atoms with Crippen molar-refractivity contribution in [2.24, 2.45) is 9.86 Å². The zero-order chi connectivity index (χ0) is 8.32. The molecule has 1 aliphatic rings. The molecule has 0 bridgehead atoms. The molecule has 1 rings (SSSR count). The average molecular weight is 266 g/mol. The fourth-order valence-corrected chi connectivity index (χ4v) is 3.15. The van der Waals surface area contributed by atoms with Crippen LogP contribution in [0.4, 0.5) is 0 Å². The van der Waals surface area contributed by atoms with Crippen LogP contribution in [0.1, 0.15) is 33.1 Å². The molecule has 0 aromatic rings. The van der Waals surface area contributed by atoms with Crippen LogP contribution in [-0.2, 0) is 0 Å². The molecule has 1 nitrogen and oxygen atoms in total. The average Bonchev–Trinajstić information content (AvgIpc) is 2.13. The molecule has 0 aromatic heterocycles. The van der Waals surface area contributed by atoms with Crippen LogP contribution in [0, 0.1) is 5.92 Å². The van der Waals surface area contributed by atoms with E-state index >= 15 is 0 Å². The van der Waals surface area contributed by atoms with Crippen LogP contribution in [0.3, 0.4) is 0 Å². The van der Waals surface area contributed by atoms with E-state index in [1.54, 1.807) is 0 Å². The van der Waals surface area contributed by atoms with Crippen LogP contribution in [-0.4, -0.2) is 3.42 Å². The van der Waals surface area contributed by atoms with Crippen LogP contribution in [0.25, 0.3) is 0 Å². The minimum atomic E-state index is -0.0934. The third-order valence-electron chi connectivity index (χ3n) is 2.29. The van der Waals surface area contributed by atoms with E-state index in [0.29, 0.717) is 3.42 Å². The predicted octanol–water partition coefficient (Wildman–Crippen LogP) is -0.916. The fraction of sp³-hybridized carbons (Fsp3) is 0.778. The molecule has 0 fully saturated rings. The molecule has 2 heteroatoms. The van der Waals surface area contributed by atoms with E-state index < -0.39 is 0 Å². The van der Waals surface area contributed by atoms with Gasteiger partial charge in [-0.25, -0.2) is 0 Å². The minimum absolute atomic E-state index is 0.0934. The Morgan fingerprint density at radius 1 is 1.55 bits per heavy atom. The fourth-order valence-electron chi connectivity index (χ4n) is 1.64. The summed E-state index contributed by atoms with van der Waals surface area (Å²) in [5.74, 6) is 0.835. The first kappa shape index (κ1) is 9.52. The van der Waals surface area contributed by atoms with Crippen molar-refractivity contribution in [2.45, 2.75) is 36.5 Å². The number of hydrogen-bond donors (Lipinski definition) is 1. The van der Waals surface area contributed by atoms with Gasteiger partial charge in [-0.05, 0) is 0 Å². The summed E-state index contributed by atoms with van der Waals surface area (Å²) in [6.07, 6.45) is 8.41. The van der Waals surface area contributed by atoms with Gasteiger partial charge in [0.25, 0.3) is 0 Å². The monoisotopic (exact) mass is 266 g/mol. The molecular weight excluding hydrogens is 249 g/mol. The first-order valence-corrected chi connectivity index (χ1v) is 6.48. The number of rotatable bonds is 1. The number of allylic oxidation sites excluding steroid dienone is 2. The van der Waals surface area contributed by atoms with Crippen molar-refractivity contribution in [1.29, 1.82) is 0 Å². The Hall–Kier alpha value is 0.430. The van der Waals surface area contributed by atoms with Crippen molar-refractivity contribution >= 4 is 0 Å². The molecule has 0 radical (unpaired) electrons. The van der Waals surface area contributed by atoms with Crippen molar-refractivity contribution in [3.63, 3.8) is 0 Å². The molecule has 2 atom stereocenters. The molecule has 0 aromatic carbocycles. The van der Waals surface area contributed by atoms with E-state index in [9.17, 15) is 0 Å². The maximum absolute atomic E-state index is 5.85. The second-order valence-electron chi connectivity index (χ2n) is 3.74. The van der Waals surface area contributed by atoms with Gasteiger partial charge in [0.05, 0.1) is 0 Å². The molecule has 11 heavy (non-hydrogen) atoms. The van der Waals surface area contributed by atoms with E-state index in [0.717, 1.165) is 5.92 Å². The van der Waals surface area contributed by atoms with Crippen LogP contribution in [0.15, 0.2) is 12.2 Å². The third-order valence-corrected chi connectivity index (χ3v) is 4.67. The number of halogens is 1. The summed E-state index contributed by atoms with van der Waals surface area (Å²) in [4.78, 5) is 0. The van der Waals surface area contributed by atoms with Gasteiger partial charge in [0, 0.05) is 0 Å². The van der Waals surface area contributed by atoms with Crippen LogP contribution < -0.4 is 25.4 Å².